The van der Waals surface area contributed by atoms with Crippen molar-refractivity contribution >= 4 is 27.5 Å². The number of carbonyl (C=O) groups excluding carboxylic acids is 2. The molecule has 2 saturated carbocycles. The van der Waals surface area contributed by atoms with Crippen LogP contribution in [0.3, 0.4) is 0 Å². The first-order valence-electron chi connectivity index (χ1n) is 12.8. The smallest absolute Gasteiger partial charge is 0.388 e. The maximum atomic E-state index is 13.6. The number of rotatable bonds is 4. The van der Waals surface area contributed by atoms with Gasteiger partial charge in [-0.05, 0) is 84.2 Å². The number of carbonyl (C=O) groups is 2. The quantitative estimate of drug-likeness (QED) is 0.477. The Bertz CT molecular complexity index is 1140. The number of ketones is 2. The van der Waals surface area contributed by atoms with Gasteiger partial charge in [-0.15, -0.1) is 13.2 Å². The molecule has 9 heteroatoms. The molecule has 3 aliphatic carbocycles. The Labute approximate surface area is 217 Å². The Hall–Kier alpha value is -1.90. The highest BCUT2D eigenvalue weighted by Crippen LogP contribution is 2.64. The van der Waals surface area contributed by atoms with E-state index in [2.05, 4.69) is 44.8 Å². The van der Waals surface area contributed by atoms with Crippen molar-refractivity contribution in [2.45, 2.75) is 72.1 Å². The molecule has 5 nitrogen and oxygen atoms in total. The SMILES string of the molecule is Cc1nc(OC(F)(F)F)c(CC(=O)C2CCC3C4CNC5=CC(=O)CC[C@]5(C)C4CC[C@]23C)cc1Br. The summed E-state index contributed by atoms with van der Waals surface area (Å²) in [6.07, 6.45) is 1.80. The number of Topliss-reactive ketones (excluding diaryl/α,β-unsaturated/α-hetero) is 1. The molecular weight excluding hydrogens is 537 g/mol. The van der Waals surface area contributed by atoms with Crippen LogP contribution in [0.2, 0.25) is 0 Å². The van der Waals surface area contributed by atoms with Gasteiger partial charge in [0.25, 0.3) is 0 Å². The van der Waals surface area contributed by atoms with Crippen molar-refractivity contribution in [1.82, 2.24) is 10.3 Å². The highest BCUT2D eigenvalue weighted by atomic mass is 79.9. The lowest BCUT2D eigenvalue weighted by molar-refractivity contribution is -0.276. The second kappa shape index (κ2) is 8.84. The van der Waals surface area contributed by atoms with E-state index >= 15 is 0 Å². The average molecular weight is 569 g/mol. The van der Waals surface area contributed by atoms with Gasteiger partial charge in [-0.3, -0.25) is 9.59 Å². The first-order chi connectivity index (χ1) is 16.8. The first-order valence-corrected chi connectivity index (χ1v) is 13.5. The van der Waals surface area contributed by atoms with Crippen LogP contribution in [0.5, 0.6) is 5.88 Å². The summed E-state index contributed by atoms with van der Waals surface area (Å²) >= 11 is 3.33. The molecule has 1 aromatic heterocycles. The molecule has 5 rings (SSSR count). The lowest BCUT2D eigenvalue weighted by atomic mass is 9.49. The van der Waals surface area contributed by atoms with E-state index in [-0.39, 0.29) is 40.3 Å². The molecule has 1 aromatic rings. The number of ether oxygens (including phenoxy) is 1. The second-order valence-corrected chi connectivity index (χ2v) is 12.4. The molecule has 1 saturated heterocycles. The van der Waals surface area contributed by atoms with Crippen LogP contribution in [0.4, 0.5) is 13.2 Å². The third-order valence-corrected chi connectivity index (χ3v) is 10.6. The standard InChI is InChI=1S/C27H32BrF3N2O3/c1-14-21(28)10-15(24(33-14)36-27(29,30)31)11-22(35)20-5-4-18-17-13-32-23-12-16(34)6-8-26(23,3)19(17)7-9-25(18,20)2/h10,12,17-20,32H,4-9,11,13H2,1-3H3/t17?,18?,19?,20?,25-,26+/m0/s1. The second-order valence-electron chi connectivity index (χ2n) is 11.6. The Morgan fingerprint density at radius 1 is 1.22 bits per heavy atom. The maximum absolute atomic E-state index is 13.6. The topological polar surface area (TPSA) is 68.3 Å². The molecule has 1 aliphatic heterocycles. The fraction of sp³-hybridized carbons (Fsp3) is 0.667. The van der Waals surface area contributed by atoms with Crippen LogP contribution in [-0.2, 0) is 16.0 Å². The zero-order valence-corrected chi connectivity index (χ0v) is 22.4. The van der Waals surface area contributed by atoms with E-state index in [0.717, 1.165) is 44.3 Å². The lowest BCUT2D eigenvalue weighted by Gasteiger charge is -2.58. The largest absolute Gasteiger partial charge is 0.574 e. The van der Waals surface area contributed by atoms with Crippen molar-refractivity contribution in [3.63, 3.8) is 0 Å². The van der Waals surface area contributed by atoms with Gasteiger partial charge in [0.2, 0.25) is 5.88 Å². The van der Waals surface area contributed by atoms with Gasteiger partial charge >= 0.3 is 6.36 Å². The van der Waals surface area contributed by atoms with Gasteiger partial charge in [0.15, 0.2) is 5.78 Å². The summed E-state index contributed by atoms with van der Waals surface area (Å²) in [6.45, 7) is 6.87. The summed E-state index contributed by atoms with van der Waals surface area (Å²) in [4.78, 5) is 29.6. The third-order valence-electron chi connectivity index (χ3n) is 9.75. The van der Waals surface area contributed by atoms with E-state index in [0.29, 0.717) is 34.3 Å². The van der Waals surface area contributed by atoms with Crippen molar-refractivity contribution in [3.8, 4) is 5.88 Å². The normalized spacial score (nSPS) is 35.8. The highest BCUT2D eigenvalue weighted by molar-refractivity contribution is 9.10. The van der Waals surface area contributed by atoms with Crippen molar-refractivity contribution in [3.05, 3.63) is 33.6 Å². The van der Waals surface area contributed by atoms with Crippen molar-refractivity contribution in [1.29, 1.82) is 0 Å². The van der Waals surface area contributed by atoms with Crippen LogP contribution in [-0.4, -0.2) is 29.5 Å². The predicted octanol–water partition coefficient (Wildman–Crippen LogP) is 6.08. The number of aromatic nitrogens is 1. The van der Waals surface area contributed by atoms with E-state index in [1.54, 1.807) is 13.0 Å². The zero-order chi connectivity index (χ0) is 26.0. The van der Waals surface area contributed by atoms with Crippen LogP contribution in [0, 0.1) is 41.4 Å². The number of allylic oxidation sites excluding steroid dienone is 2. The van der Waals surface area contributed by atoms with Gasteiger partial charge in [0.05, 0.1) is 5.69 Å². The predicted molar refractivity (Wildman–Crippen MR) is 131 cm³/mol. The van der Waals surface area contributed by atoms with Crippen molar-refractivity contribution in [2.24, 2.45) is 34.5 Å². The van der Waals surface area contributed by atoms with Crippen LogP contribution in [0.1, 0.15) is 63.6 Å². The summed E-state index contributed by atoms with van der Waals surface area (Å²) in [5.41, 5.74) is 1.37. The highest BCUT2D eigenvalue weighted by Gasteiger charge is 2.60. The van der Waals surface area contributed by atoms with Crippen LogP contribution in [0.25, 0.3) is 0 Å². The van der Waals surface area contributed by atoms with Gasteiger partial charge in [-0.1, -0.05) is 13.8 Å². The summed E-state index contributed by atoms with van der Waals surface area (Å²) in [5, 5.41) is 3.56. The van der Waals surface area contributed by atoms with Gasteiger partial charge < -0.3 is 10.1 Å². The molecule has 0 amide bonds. The summed E-state index contributed by atoms with van der Waals surface area (Å²) < 4.78 is 43.8. The molecule has 0 bridgehead atoms. The van der Waals surface area contributed by atoms with E-state index in [1.165, 1.54) is 6.07 Å². The number of alkyl halides is 3. The monoisotopic (exact) mass is 568 g/mol. The van der Waals surface area contributed by atoms with Crippen molar-refractivity contribution in [2.75, 3.05) is 6.54 Å². The minimum Gasteiger partial charge on any atom is -0.388 e. The number of hydrogen-bond donors (Lipinski definition) is 1. The van der Waals surface area contributed by atoms with E-state index in [4.69, 9.17) is 0 Å². The summed E-state index contributed by atoms with van der Waals surface area (Å²) in [5.74, 6) is 0.636. The average Bonchev–Trinajstić information content (AvgIpc) is 3.14. The number of halogens is 4. The molecule has 4 unspecified atom stereocenters. The van der Waals surface area contributed by atoms with Crippen LogP contribution >= 0.6 is 15.9 Å². The summed E-state index contributed by atoms with van der Waals surface area (Å²) in [6, 6.07) is 1.52. The molecule has 0 aromatic carbocycles. The fourth-order valence-electron chi connectivity index (χ4n) is 7.91. The molecule has 2 heterocycles. The maximum Gasteiger partial charge on any atom is 0.574 e. The Kier molecular flexibility index (Phi) is 6.32. The minimum atomic E-state index is -4.88. The Balaban J connectivity index is 1.37. The molecule has 4 aliphatic rings. The van der Waals surface area contributed by atoms with E-state index in [1.807, 2.05) is 0 Å². The van der Waals surface area contributed by atoms with Crippen LogP contribution < -0.4 is 10.1 Å². The number of hydrogen-bond acceptors (Lipinski definition) is 5. The molecular formula is C27H32BrF3N2O3. The zero-order valence-electron chi connectivity index (χ0n) is 20.8. The van der Waals surface area contributed by atoms with Gasteiger partial charge in [0.1, 0.15) is 5.78 Å². The molecule has 1 N–H and O–H groups in total. The Morgan fingerprint density at radius 3 is 2.69 bits per heavy atom. The molecule has 196 valence electrons. The van der Waals surface area contributed by atoms with E-state index in [9.17, 15) is 22.8 Å². The lowest BCUT2D eigenvalue weighted by Crippen LogP contribution is -2.57. The molecule has 0 spiro atoms. The Morgan fingerprint density at radius 2 is 1.97 bits per heavy atom. The third kappa shape index (κ3) is 4.29. The number of aryl methyl sites for hydroxylation is 1. The van der Waals surface area contributed by atoms with Gasteiger partial charge in [-0.25, -0.2) is 4.98 Å². The minimum absolute atomic E-state index is 0.0378. The van der Waals surface area contributed by atoms with Crippen LogP contribution in [0.15, 0.2) is 22.3 Å². The number of pyridine rings is 1. The van der Waals surface area contributed by atoms with Gasteiger partial charge in [-0.2, -0.15) is 0 Å². The molecule has 6 atom stereocenters. The first kappa shape index (κ1) is 25.7. The van der Waals surface area contributed by atoms with Gasteiger partial charge in [0, 0.05) is 52.5 Å². The molecule has 0 radical (unpaired) electrons. The number of piperidine rings is 1. The van der Waals surface area contributed by atoms with E-state index < -0.39 is 12.2 Å². The summed E-state index contributed by atoms with van der Waals surface area (Å²) in [7, 11) is 0. The fourth-order valence-corrected chi connectivity index (χ4v) is 8.27. The number of fused-ring (bicyclic) bond motifs is 5. The number of nitrogens with zero attached hydrogens (tertiary/aromatic N) is 1. The molecule has 3 fully saturated rings. The molecule has 36 heavy (non-hydrogen) atoms. The number of nitrogens with one attached hydrogen (secondary N) is 1. The van der Waals surface area contributed by atoms with Crippen molar-refractivity contribution < 1.29 is 27.5 Å².